The van der Waals surface area contributed by atoms with Gasteiger partial charge in [-0.1, -0.05) is 31.2 Å². The summed E-state index contributed by atoms with van der Waals surface area (Å²) in [5.74, 6) is 0. The van der Waals surface area contributed by atoms with Gasteiger partial charge in [0, 0.05) is 25.7 Å². The van der Waals surface area contributed by atoms with Crippen LogP contribution in [0.25, 0.3) is 0 Å². The van der Waals surface area contributed by atoms with Gasteiger partial charge in [0.2, 0.25) is 0 Å². The zero-order valence-electron chi connectivity index (χ0n) is 11.1. The predicted molar refractivity (Wildman–Crippen MR) is 73.2 cm³/mol. The fourth-order valence-electron chi connectivity index (χ4n) is 2.41. The Labute approximate surface area is 105 Å². The van der Waals surface area contributed by atoms with Crippen LogP contribution in [0.2, 0.25) is 0 Å². The molecule has 0 aliphatic carbocycles. The molecule has 1 aromatic carbocycles. The summed E-state index contributed by atoms with van der Waals surface area (Å²) in [5.41, 5.74) is 2.87. The molecule has 1 aromatic rings. The zero-order valence-corrected chi connectivity index (χ0v) is 11.1. The van der Waals surface area contributed by atoms with Crippen LogP contribution in [0, 0.1) is 0 Å². The third-order valence-corrected chi connectivity index (χ3v) is 3.75. The molecular weight excluding hydrogens is 208 g/mol. The van der Waals surface area contributed by atoms with Crippen molar-refractivity contribution in [3.63, 3.8) is 0 Å². The molecule has 1 unspecified atom stereocenters. The maximum Gasteiger partial charge on any atom is 0.0237 e. The van der Waals surface area contributed by atoms with E-state index in [9.17, 15) is 0 Å². The van der Waals surface area contributed by atoms with Crippen LogP contribution in [0.5, 0.6) is 0 Å². The highest BCUT2D eigenvalue weighted by molar-refractivity contribution is 5.22. The summed E-state index contributed by atoms with van der Waals surface area (Å²) in [6.07, 6.45) is 2.39. The molecule has 2 rings (SSSR count). The van der Waals surface area contributed by atoms with Crippen molar-refractivity contribution < 1.29 is 0 Å². The molecule has 2 nitrogen and oxygen atoms in total. The first-order valence-electron chi connectivity index (χ1n) is 6.82. The van der Waals surface area contributed by atoms with Crippen LogP contribution in [-0.2, 0) is 13.0 Å². The van der Waals surface area contributed by atoms with Gasteiger partial charge in [0.25, 0.3) is 0 Å². The van der Waals surface area contributed by atoms with Crippen LogP contribution in [0.4, 0.5) is 0 Å². The third-order valence-electron chi connectivity index (χ3n) is 3.75. The van der Waals surface area contributed by atoms with Crippen molar-refractivity contribution in [2.24, 2.45) is 0 Å². The number of nitrogens with zero attached hydrogens (tertiary/aromatic N) is 1. The molecule has 1 saturated heterocycles. The Kier molecular flexibility index (Phi) is 4.57. The van der Waals surface area contributed by atoms with E-state index in [0.29, 0.717) is 6.04 Å². The lowest BCUT2D eigenvalue weighted by molar-refractivity contribution is 0.211. The molecule has 1 fully saturated rings. The Morgan fingerprint density at radius 2 is 1.88 bits per heavy atom. The van der Waals surface area contributed by atoms with Gasteiger partial charge >= 0.3 is 0 Å². The summed E-state index contributed by atoms with van der Waals surface area (Å²) < 4.78 is 0. The zero-order chi connectivity index (χ0) is 12.1. The Morgan fingerprint density at radius 3 is 2.59 bits per heavy atom. The van der Waals surface area contributed by atoms with Gasteiger partial charge in [-0.25, -0.2) is 0 Å². The molecule has 94 valence electrons. The molecule has 1 N–H and O–H groups in total. The second-order valence-electron chi connectivity index (χ2n) is 5.03. The molecule has 0 radical (unpaired) electrons. The summed E-state index contributed by atoms with van der Waals surface area (Å²) in [6.45, 7) is 9.08. The minimum Gasteiger partial charge on any atom is -0.315 e. The van der Waals surface area contributed by atoms with Crippen LogP contribution < -0.4 is 5.32 Å². The minimum atomic E-state index is 0.691. The van der Waals surface area contributed by atoms with Gasteiger partial charge in [-0.15, -0.1) is 0 Å². The second kappa shape index (κ2) is 6.18. The molecule has 0 amide bonds. The average Bonchev–Trinajstić information content (AvgIpc) is 2.56. The highest BCUT2D eigenvalue weighted by atomic mass is 15.2. The van der Waals surface area contributed by atoms with E-state index in [1.807, 2.05) is 0 Å². The normalized spacial score (nSPS) is 22.4. The van der Waals surface area contributed by atoms with Gasteiger partial charge in [-0.05, 0) is 37.4 Å². The van der Waals surface area contributed by atoms with Gasteiger partial charge < -0.3 is 5.32 Å². The molecule has 0 aromatic heterocycles. The molecule has 0 spiro atoms. The quantitative estimate of drug-likeness (QED) is 0.861. The smallest absolute Gasteiger partial charge is 0.0237 e. The van der Waals surface area contributed by atoms with Crippen molar-refractivity contribution in [2.75, 3.05) is 19.6 Å². The van der Waals surface area contributed by atoms with Crippen molar-refractivity contribution >= 4 is 0 Å². The summed E-state index contributed by atoms with van der Waals surface area (Å²) in [6, 6.07) is 9.77. The lowest BCUT2D eigenvalue weighted by Gasteiger charge is -2.26. The molecule has 0 saturated carbocycles. The minimum absolute atomic E-state index is 0.691. The molecular formula is C15H24N2. The van der Waals surface area contributed by atoms with Crippen molar-refractivity contribution in [1.29, 1.82) is 0 Å². The second-order valence-corrected chi connectivity index (χ2v) is 5.03. The van der Waals surface area contributed by atoms with E-state index in [4.69, 9.17) is 0 Å². The molecule has 1 aliphatic rings. The van der Waals surface area contributed by atoms with E-state index in [-0.39, 0.29) is 0 Å². The van der Waals surface area contributed by atoms with Crippen LogP contribution in [-0.4, -0.2) is 30.6 Å². The maximum atomic E-state index is 3.47. The first kappa shape index (κ1) is 12.6. The van der Waals surface area contributed by atoms with Crippen LogP contribution in [0.3, 0.4) is 0 Å². The van der Waals surface area contributed by atoms with Gasteiger partial charge in [0.05, 0.1) is 0 Å². The lowest BCUT2D eigenvalue weighted by atomic mass is 10.1. The van der Waals surface area contributed by atoms with E-state index in [1.54, 1.807) is 0 Å². The number of nitrogens with one attached hydrogen (secondary N) is 1. The first-order valence-corrected chi connectivity index (χ1v) is 6.82. The number of rotatable bonds is 3. The Bertz CT molecular complexity index is 331. The van der Waals surface area contributed by atoms with E-state index in [1.165, 1.54) is 17.5 Å². The maximum absolute atomic E-state index is 3.47. The van der Waals surface area contributed by atoms with Gasteiger partial charge in [-0.3, -0.25) is 4.90 Å². The van der Waals surface area contributed by atoms with Crippen molar-refractivity contribution in [2.45, 2.75) is 39.3 Å². The van der Waals surface area contributed by atoms with Gasteiger partial charge in [-0.2, -0.15) is 0 Å². The predicted octanol–water partition coefficient (Wildman–Crippen LogP) is 2.43. The van der Waals surface area contributed by atoms with Crippen LogP contribution in [0.1, 0.15) is 31.4 Å². The van der Waals surface area contributed by atoms with Gasteiger partial charge in [0.15, 0.2) is 0 Å². The number of hydrogen-bond acceptors (Lipinski definition) is 2. The standard InChI is InChI=1S/C15H24N2/c1-3-14-4-6-15(7-5-14)12-17-11-10-16-9-8-13(17)2/h4-7,13,16H,3,8-12H2,1-2H3. The fourth-order valence-corrected chi connectivity index (χ4v) is 2.41. The van der Waals surface area contributed by atoms with E-state index in [2.05, 4.69) is 48.3 Å². The number of aryl methyl sites for hydroxylation is 1. The number of hydrogen-bond donors (Lipinski definition) is 1. The molecule has 2 heteroatoms. The lowest BCUT2D eigenvalue weighted by Crippen LogP contribution is -2.33. The highest BCUT2D eigenvalue weighted by Gasteiger charge is 2.16. The topological polar surface area (TPSA) is 15.3 Å². The molecule has 1 aliphatic heterocycles. The van der Waals surface area contributed by atoms with Crippen molar-refractivity contribution in [3.8, 4) is 0 Å². The monoisotopic (exact) mass is 232 g/mol. The molecule has 17 heavy (non-hydrogen) atoms. The van der Waals surface area contributed by atoms with E-state index >= 15 is 0 Å². The molecule has 1 heterocycles. The van der Waals surface area contributed by atoms with Crippen LogP contribution in [0.15, 0.2) is 24.3 Å². The Balaban J connectivity index is 1.98. The van der Waals surface area contributed by atoms with Crippen molar-refractivity contribution in [1.82, 2.24) is 10.2 Å². The summed E-state index contributed by atoms with van der Waals surface area (Å²) in [4.78, 5) is 2.58. The van der Waals surface area contributed by atoms with E-state index in [0.717, 1.165) is 32.6 Å². The molecule has 1 atom stereocenters. The van der Waals surface area contributed by atoms with Gasteiger partial charge in [0.1, 0.15) is 0 Å². The fraction of sp³-hybridized carbons (Fsp3) is 0.600. The first-order chi connectivity index (χ1) is 8.29. The summed E-state index contributed by atoms with van der Waals surface area (Å²) in [5, 5.41) is 3.47. The largest absolute Gasteiger partial charge is 0.315 e. The molecule has 0 bridgehead atoms. The SMILES string of the molecule is CCc1ccc(CN2CCNCCC2C)cc1. The Hall–Kier alpha value is -0.860. The Morgan fingerprint density at radius 1 is 1.18 bits per heavy atom. The number of benzene rings is 1. The van der Waals surface area contributed by atoms with E-state index < -0.39 is 0 Å². The van der Waals surface area contributed by atoms with Crippen LogP contribution >= 0.6 is 0 Å². The summed E-state index contributed by atoms with van der Waals surface area (Å²) >= 11 is 0. The summed E-state index contributed by atoms with van der Waals surface area (Å²) in [7, 11) is 0. The third kappa shape index (κ3) is 3.55. The average molecular weight is 232 g/mol. The highest BCUT2D eigenvalue weighted by Crippen LogP contribution is 2.13. The van der Waals surface area contributed by atoms with Crippen molar-refractivity contribution in [3.05, 3.63) is 35.4 Å².